The first-order valence-corrected chi connectivity index (χ1v) is 8.57. The van der Waals surface area contributed by atoms with E-state index >= 15 is 0 Å². The van der Waals surface area contributed by atoms with E-state index in [0.717, 1.165) is 11.1 Å². The molecule has 1 heterocycles. The fourth-order valence-electron chi connectivity index (χ4n) is 2.78. The molecule has 0 spiro atoms. The number of ether oxygens (including phenoxy) is 1. The van der Waals surface area contributed by atoms with E-state index in [-0.39, 0.29) is 11.7 Å². The molecule has 1 aromatic heterocycles. The number of ketones is 1. The van der Waals surface area contributed by atoms with Crippen molar-refractivity contribution in [2.75, 3.05) is 12.4 Å². The number of furan rings is 1. The average Bonchev–Trinajstić information content (AvgIpc) is 3.04. The Bertz CT molecular complexity index is 1000. The molecule has 1 N–H and O–H groups in total. The number of Topliss-reactive ketones (excluding diaryl/α,β-unsaturated/α-hetero) is 1. The fraction of sp³-hybridized carbons (Fsp3) is 0.182. The first-order chi connectivity index (χ1) is 12.9. The molecule has 0 saturated heterocycles. The second kappa shape index (κ2) is 7.50. The Morgan fingerprint density at radius 3 is 2.33 bits per heavy atom. The van der Waals surface area contributed by atoms with Crippen LogP contribution in [0.1, 0.15) is 39.0 Å². The summed E-state index contributed by atoms with van der Waals surface area (Å²) in [6, 6.07) is 14.5. The fourth-order valence-corrected chi connectivity index (χ4v) is 2.78. The van der Waals surface area contributed by atoms with Gasteiger partial charge in [-0.25, -0.2) is 0 Å². The Hall–Kier alpha value is -3.34. The van der Waals surface area contributed by atoms with Crippen molar-refractivity contribution >= 4 is 17.4 Å². The van der Waals surface area contributed by atoms with E-state index in [1.54, 1.807) is 31.2 Å². The molecular weight excluding hydrogens is 342 g/mol. The van der Waals surface area contributed by atoms with Crippen molar-refractivity contribution in [2.45, 2.75) is 20.8 Å². The molecule has 3 aromatic rings. The third-order valence-electron chi connectivity index (χ3n) is 4.35. The molecule has 0 bridgehead atoms. The Morgan fingerprint density at radius 1 is 1.00 bits per heavy atom. The minimum Gasteiger partial charge on any atom is -0.495 e. The molecule has 27 heavy (non-hydrogen) atoms. The van der Waals surface area contributed by atoms with Crippen molar-refractivity contribution < 1.29 is 18.7 Å². The van der Waals surface area contributed by atoms with Gasteiger partial charge in [0.25, 0.3) is 5.91 Å². The van der Waals surface area contributed by atoms with Crippen LogP contribution in [-0.2, 0) is 0 Å². The van der Waals surface area contributed by atoms with Gasteiger partial charge in [0, 0.05) is 11.1 Å². The molecule has 2 aromatic carbocycles. The first kappa shape index (κ1) is 18.5. The summed E-state index contributed by atoms with van der Waals surface area (Å²) < 4.78 is 11.1. The second-order valence-corrected chi connectivity index (χ2v) is 6.37. The van der Waals surface area contributed by atoms with Gasteiger partial charge < -0.3 is 14.5 Å². The van der Waals surface area contributed by atoms with Crippen LogP contribution < -0.4 is 10.1 Å². The van der Waals surface area contributed by atoms with Gasteiger partial charge in [0.1, 0.15) is 17.3 Å². The van der Waals surface area contributed by atoms with Crippen molar-refractivity contribution in [1.82, 2.24) is 0 Å². The SMILES string of the molecule is COc1ccc(C(C)=O)cc1NC(=O)c1cc(-c2ccc(C)cc2)oc1C. The molecule has 0 aliphatic heterocycles. The predicted octanol–water partition coefficient (Wildman–Crippen LogP) is 5.03. The van der Waals surface area contributed by atoms with Crippen LogP contribution in [0.5, 0.6) is 5.75 Å². The minimum atomic E-state index is -0.325. The molecule has 0 unspecified atom stereocenters. The molecule has 0 radical (unpaired) electrons. The maximum atomic E-state index is 12.8. The van der Waals surface area contributed by atoms with Gasteiger partial charge in [-0.3, -0.25) is 9.59 Å². The van der Waals surface area contributed by atoms with Gasteiger partial charge in [-0.2, -0.15) is 0 Å². The summed E-state index contributed by atoms with van der Waals surface area (Å²) >= 11 is 0. The lowest BCUT2D eigenvalue weighted by molar-refractivity contribution is 0.101. The standard InChI is InChI=1S/C22H21NO4/c1-13-5-7-16(8-6-13)21-12-18(15(3)27-21)22(25)23-19-11-17(14(2)24)9-10-20(19)26-4/h5-12H,1-4H3,(H,23,25). The lowest BCUT2D eigenvalue weighted by atomic mass is 10.1. The van der Waals surface area contributed by atoms with E-state index < -0.39 is 0 Å². The lowest BCUT2D eigenvalue weighted by Gasteiger charge is -2.11. The highest BCUT2D eigenvalue weighted by Crippen LogP contribution is 2.29. The number of carbonyl (C=O) groups is 2. The quantitative estimate of drug-likeness (QED) is 0.646. The molecule has 0 aliphatic carbocycles. The Labute approximate surface area is 158 Å². The highest BCUT2D eigenvalue weighted by Gasteiger charge is 2.18. The zero-order valence-electron chi connectivity index (χ0n) is 15.8. The zero-order valence-corrected chi connectivity index (χ0v) is 15.8. The Balaban J connectivity index is 1.90. The monoisotopic (exact) mass is 363 g/mol. The van der Waals surface area contributed by atoms with Gasteiger partial charge in [0.2, 0.25) is 0 Å². The van der Waals surface area contributed by atoms with Gasteiger partial charge in [0.15, 0.2) is 5.78 Å². The third kappa shape index (κ3) is 3.92. The van der Waals surface area contributed by atoms with Crippen LogP contribution in [-0.4, -0.2) is 18.8 Å². The maximum Gasteiger partial charge on any atom is 0.259 e. The summed E-state index contributed by atoms with van der Waals surface area (Å²) in [5, 5.41) is 2.81. The lowest BCUT2D eigenvalue weighted by Crippen LogP contribution is -2.13. The van der Waals surface area contributed by atoms with E-state index in [9.17, 15) is 9.59 Å². The molecule has 0 atom stereocenters. The first-order valence-electron chi connectivity index (χ1n) is 8.57. The van der Waals surface area contributed by atoms with Crippen molar-refractivity contribution in [3.8, 4) is 17.1 Å². The Morgan fingerprint density at radius 2 is 1.70 bits per heavy atom. The van der Waals surface area contributed by atoms with Crippen LogP contribution in [0.15, 0.2) is 52.9 Å². The molecule has 0 aliphatic rings. The number of carbonyl (C=O) groups excluding carboxylic acids is 2. The number of amides is 1. The molecule has 3 rings (SSSR count). The van der Waals surface area contributed by atoms with Crippen LogP contribution in [0.3, 0.4) is 0 Å². The summed E-state index contributed by atoms with van der Waals surface area (Å²) in [6.07, 6.45) is 0. The number of aryl methyl sites for hydroxylation is 2. The highest BCUT2D eigenvalue weighted by atomic mass is 16.5. The number of nitrogens with one attached hydrogen (secondary N) is 1. The van der Waals surface area contributed by atoms with E-state index in [0.29, 0.717) is 34.1 Å². The smallest absolute Gasteiger partial charge is 0.259 e. The van der Waals surface area contributed by atoms with E-state index in [1.165, 1.54) is 14.0 Å². The average molecular weight is 363 g/mol. The van der Waals surface area contributed by atoms with Crippen LogP contribution >= 0.6 is 0 Å². The van der Waals surface area contributed by atoms with Crippen LogP contribution in [0.4, 0.5) is 5.69 Å². The van der Waals surface area contributed by atoms with E-state index in [2.05, 4.69) is 5.32 Å². The number of hydrogen-bond donors (Lipinski definition) is 1. The third-order valence-corrected chi connectivity index (χ3v) is 4.35. The number of rotatable bonds is 5. The molecular formula is C22H21NO4. The van der Waals surface area contributed by atoms with Gasteiger partial charge in [-0.15, -0.1) is 0 Å². The van der Waals surface area contributed by atoms with Crippen molar-refractivity contribution in [2.24, 2.45) is 0 Å². The van der Waals surface area contributed by atoms with Crippen LogP contribution in [0.25, 0.3) is 11.3 Å². The number of benzene rings is 2. The molecule has 5 heteroatoms. The van der Waals surface area contributed by atoms with Crippen molar-refractivity contribution in [3.05, 3.63) is 71.0 Å². The summed E-state index contributed by atoms with van der Waals surface area (Å²) in [6.45, 7) is 5.23. The normalized spacial score (nSPS) is 10.5. The molecule has 0 saturated carbocycles. The summed E-state index contributed by atoms with van der Waals surface area (Å²) in [4.78, 5) is 24.4. The topological polar surface area (TPSA) is 68.5 Å². The Kier molecular flexibility index (Phi) is 5.12. The largest absolute Gasteiger partial charge is 0.495 e. The molecule has 138 valence electrons. The molecule has 5 nitrogen and oxygen atoms in total. The highest BCUT2D eigenvalue weighted by molar-refractivity contribution is 6.07. The van der Waals surface area contributed by atoms with Crippen LogP contribution in [0.2, 0.25) is 0 Å². The number of methoxy groups -OCH3 is 1. The summed E-state index contributed by atoms with van der Waals surface area (Å²) in [7, 11) is 1.51. The van der Waals surface area contributed by atoms with E-state index in [1.807, 2.05) is 31.2 Å². The second-order valence-electron chi connectivity index (χ2n) is 6.37. The zero-order chi connectivity index (χ0) is 19.6. The van der Waals surface area contributed by atoms with Crippen molar-refractivity contribution in [3.63, 3.8) is 0 Å². The van der Waals surface area contributed by atoms with Crippen molar-refractivity contribution in [1.29, 1.82) is 0 Å². The van der Waals surface area contributed by atoms with Gasteiger partial charge in [-0.1, -0.05) is 29.8 Å². The maximum absolute atomic E-state index is 12.8. The van der Waals surface area contributed by atoms with Gasteiger partial charge >= 0.3 is 0 Å². The summed E-state index contributed by atoms with van der Waals surface area (Å²) in [5.74, 6) is 1.21. The van der Waals surface area contributed by atoms with E-state index in [4.69, 9.17) is 9.15 Å². The number of hydrogen-bond acceptors (Lipinski definition) is 4. The van der Waals surface area contributed by atoms with Gasteiger partial charge in [-0.05, 0) is 45.0 Å². The van der Waals surface area contributed by atoms with Gasteiger partial charge in [0.05, 0.1) is 18.4 Å². The number of anilines is 1. The van der Waals surface area contributed by atoms with Crippen LogP contribution in [0, 0.1) is 13.8 Å². The molecule has 0 fully saturated rings. The minimum absolute atomic E-state index is 0.0886. The molecule has 1 amide bonds. The predicted molar refractivity (Wildman–Crippen MR) is 105 cm³/mol. The summed E-state index contributed by atoms with van der Waals surface area (Å²) in [5.41, 5.74) is 3.42.